The molecule has 0 bridgehead atoms. The van der Waals surface area contributed by atoms with Gasteiger partial charge in [0.1, 0.15) is 0 Å². The Morgan fingerprint density at radius 2 is 1.73 bits per heavy atom. The standard InChI is InChI=1S/C21H23F2N3O4/c1-29-18-13-15(7-8-17(18)30-21(22)23)20(28)24-14-19(27)26-11-9-25(10-12-26)16-5-3-2-4-6-16/h2-8,13,21H,9-12,14H2,1H3,(H,24,28). The molecule has 1 saturated heterocycles. The Hall–Kier alpha value is -3.36. The van der Waals surface area contributed by atoms with Crippen LogP contribution in [-0.4, -0.2) is 63.2 Å². The molecular weight excluding hydrogens is 396 g/mol. The maximum Gasteiger partial charge on any atom is 0.387 e. The van der Waals surface area contributed by atoms with E-state index < -0.39 is 12.5 Å². The first-order chi connectivity index (χ1) is 14.5. The Kier molecular flexibility index (Phi) is 7.05. The van der Waals surface area contributed by atoms with Crippen molar-refractivity contribution in [1.29, 1.82) is 0 Å². The van der Waals surface area contributed by atoms with E-state index in [0.29, 0.717) is 26.2 Å². The molecule has 2 aromatic rings. The van der Waals surface area contributed by atoms with Gasteiger partial charge in [-0.1, -0.05) is 18.2 Å². The minimum Gasteiger partial charge on any atom is -0.493 e. The lowest BCUT2D eigenvalue weighted by Gasteiger charge is -2.36. The number of halogens is 2. The van der Waals surface area contributed by atoms with Gasteiger partial charge in [-0.2, -0.15) is 8.78 Å². The van der Waals surface area contributed by atoms with Crippen LogP contribution >= 0.6 is 0 Å². The van der Waals surface area contributed by atoms with Crippen molar-refractivity contribution < 1.29 is 27.8 Å². The predicted molar refractivity (Wildman–Crippen MR) is 107 cm³/mol. The number of benzene rings is 2. The van der Waals surface area contributed by atoms with Crippen LogP contribution < -0.4 is 19.7 Å². The zero-order valence-corrected chi connectivity index (χ0v) is 16.5. The van der Waals surface area contributed by atoms with Crippen LogP contribution in [-0.2, 0) is 4.79 Å². The van der Waals surface area contributed by atoms with Crippen molar-refractivity contribution in [1.82, 2.24) is 10.2 Å². The molecule has 0 spiro atoms. The number of hydrogen-bond donors (Lipinski definition) is 1. The summed E-state index contributed by atoms with van der Waals surface area (Å²) in [7, 11) is 1.29. The SMILES string of the molecule is COc1cc(C(=O)NCC(=O)N2CCN(c3ccccc3)CC2)ccc1OC(F)F. The highest BCUT2D eigenvalue weighted by Gasteiger charge is 2.22. The van der Waals surface area contributed by atoms with Crippen molar-refractivity contribution in [3.8, 4) is 11.5 Å². The smallest absolute Gasteiger partial charge is 0.387 e. The number of para-hydroxylation sites is 1. The maximum absolute atomic E-state index is 12.4. The average Bonchev–Trinajstić information content (AvgIpc) is 2.77. The van der Waals surface area contributed by atoms with E-state index in [4.69, 9.17) is 4.74 Å². The first-order valence-electron chi connectivity index (χ1n) is 9.46. The fraction of sp³-hybridized carbons (Fsp3) is 0.333. The van der Waals surface area contributed by atoms with Gasteiger partial charge in [-0.15, -0.1) is 0 Å². The van der Waals surface area contributed by atoms with Crippen LogP contribution in [0.5, 0.6) is 11.5 Å². The molecule has 2 amide bonds. The second-order valence-corrected chi connectivity index (χ2v) is 6.63. The van der Waals surface area contributed by atoms with Crippen LogP contribution in [0.15, 0.2) is 48.5 Å². The van der Waals surface area contributed by atoms with Crippen LogP contribution in [0, 0.1) is 0 Å². The molecule has 2 aromatic carbocycles. The zero-order chi connectivity index (χ0) is 21.5. The van der Waals surface area contributed by atoms with E-state index >= 15 is 0 Å². The summed E-state index contributed by atoms with van der Waals surface area (Å²) in [6, 6.07) is 13.8. The lowest BCUT2D eigenvalue weighted by atomic mass is 10.2. The minimum absolute atomic E-state index is 0.00584. The molecule has 3 rings (SSSR count). The number of hydrogen-bond acceptors (Lipinski definition) is 5. The van der Waals surface area contributed by atoms with Gasteiger partial charge in [-0.3, -0.25) is 9.59 Å². The summed E-state index contributed by atoms with van der Waals surface area (Å²) in [5, 5.41) is 2.56. The van der Waals surface area contributed by atoms with Gasteiger partial charge in [-0.25, -0.2) is 0 Å². The molecule has 1 aliphatic rings. The summed E-state index contributed by atoms with van der Waals surface area (Å²) in [5.41, 5.74) is 1.29. The highest BCUT2D eigenvalue weighted by atomic mass is 19.3. The maximum atomic E-state index is 12.4. The molecule has 7 nitrogen and oxygen atoms in total. The summed E-state index contributed by atoms with van der Waals surface area (Å²) in [6.45, 7) is -0.590. The topological polar surface area (TPSA) is 71.1 Å². The molecule has 160 valence electrons. The molecule has 0 aromatic heterocycles. The monoisotopic (exact) mass is 419 g/mol. The van der Waals surface area contributed by atoms with Crippen LogP contribution in [0.1, 0.15) is 10.4 Å². The van der Waals surface area contributed by atoms with Crippen molar-refractivity contribution in [3.05, 3.63) is 54.1 Å². The molecule has 1 aliphatic heterocycles. The van der Waals surface area contributed by atoms with Crippen LogP contribution in [0.3, 0.4) is 0 Å². The molecule has 0 atom stereocenters. The fourth-order valence-corrected chi connectivity index (χ4v) is 3.22. The quantitative estimate of drug-likeness (QED) is 0.746. The lowest BCUT2D eigenvalue weighted by Crippen LogP contribution is -2.51. The molecule has 1 fully saturated rings. The number of methoxy groups -OCH3 is 1. The number of nitrogens with one attached hydrogen (secondary N) is 1. The third-order valence-corrected chi connectivity index (χ3v) is 4.80. The van der Waals surface area contributed by atoms with Crippen molar-refractivity contribution in [3.63, 3.8) is 0 Å². The highest BCUT2D eigenvalue weighted by molar-refractivity contribution is 5.97. The second-order valence-electron chi connectivity index (χ2n) is 6.63. The summed E-state index contributed by atoms with van der Waals surface area (Å²) >= 11 is 0. The molecule has 30 heavy (non-hydrogen) atoms. The molecule has 1 N–H and O–H groups in total. The Balaban J connectivity index is 1.50. The Labute approximate surface area is 173 Å². The van der Waals surface area contributed by atoms with Crippen molar-refractivity contribution in [2.45, 2.75) is 6.61 Å². The number of carbonyl (C=O) groups excluding carboxylic acids is 2. The summed E-state index contributed by atoms with van der Waals surface area (Å²) in [6.07, 6.45) is 0. The molecule has 0 aliphatic carbocycles. The number of rotatable bonds is 7. The van der Waals surface area contributed by atoms with E-state index in [1.165, 1.54) is 25.3 Å². The summed E-state index contributed by atoms with van der Waals surface area (Å²) in [5.74, 6) is -0.850. The van der Waals surface area contributed by atoms with Crippen LogP contribution in [0.2, 0.25) is 0 Å². The number of alkyl halides is 2. The molecule has 0 unspecified atom stereocenters. The Morgan fingerprint density at radius 1 is 1.03 bits per heavy atom. The number of carbonyl (C=O) groups is 2. The van der Waals surface area contributed by atoms with Crippen molar-refractivity contribution in [2.75, 3.05) is 44.7 Å². The third kappa shape index (κ3) is 5.37. The fourth-order valence-electron chi connectivity index (χ4n) is 3.22. The second kappa shape index (κ2) is 9.91. The van der Waals surface area contributed by atoms with E-state index in [1.54, 1.807) is 4.90 Å². The van der Waals surface area contributed by atoms with E-state index in [1.807, 2.05) is 30.3 Å². The number of ether oxygens (including phenoxy) is 2. The van der Waals surface area contributed by atoms with Gasteiger partial charge in [0.05, 0.1) is 13.7 Å². The van der Waals surface area contributed by atoms with Gasteiger partial charge in [0.25, 0.3) is 5.91 Å². The average molecular weight is 419 g/mol. The number of amides is 2. The van der Waals surface area contributed by atoms with E-state index in [0.717, 1.165) is 5.69 Å². The lowest BCUT2D eigenvalue weighted by molar-refractivity contribution is -0.130. The third-order valence-electron chi connectivity index (χ3n) is 4.80. The van der Waals surface area contributed by atoms with Gasteiger partial charge in [-0.05, 0) is 30.3 Å². The summed E-state index contributed by atoms with van der Waals surface area (Å²) in [4.78, 5) is 28.7. The first kappa shape index (κ1) is 21.4. The van der Waals surface area contributed by atoms with Gasteiger partial charge in [0.2, 0.25) is 5.91 Å². The molecule has 0 saturated carbocycles. The number of piperazine rings is 1. The predicted octanol–water partition coefficient (Wildman–Crippen LogP) is 2.38. The zero-order valence-electron chi connectivity index (χ0n) is 16.5. The Morgan fingerprint density at radius 3 is 2.37 bits per heavy atom. The molecular formula is C21H23F2N3O4. The molecule has 1 heterocycles. The highest BCUT2D eigenvalue weighted by Crippen LogP contribution is 2.29. The minimum atomic E-state index is -3.00. The van der Waals surface area contributed by atoms with Crippen LogP contribution in [0.4, 0.5) is 14.5 Å². The number of nitrogens with zero attached hydrogens (tertiary/aromatic N) is 2. The van der Waals surface area contributed by atoms with Gasteiger partial charge < -0.3 is 24.6 Å². The van der Waals surface area contributed by atoms with Gasteiger partial charge in [0, 0.05) is 37.4 Å². The largest absolute Gasteiger partial charge is 0.493 e. The van der Waals surface area contributed by atoms with E-state index in [9.17, 15) is 18.4 Å². The Bertz CT molecular complexity index is 872. The normalized spacial score (nSPS) is 13.9. The van der Waals surface area contributed by atoms with Gasteiger partial charge >= 0.3 is 6.61 Å². The molecule has 9 heteroatoms. The van der Waals surface area contributed by atoms with Crippen molar-refractivity contribution >= 4 is 17.5 Å². The van der Waals surface area contributed by atoms with E-state index in [-0.39, 0.29) is 29.5 Å². The first-order valence-corrected chi connectivity index (χ1v) is 9.46. The number of anilines is 1. The van der Waals surface area contributed by atoms with Crippen LogP contribution in [0.25, 0.3) is 0 Å². The van der Waals surface area contributed by atoms with Gasteiger partial charge in [0.15, 0.2) is 11.5 Å². The summed E-state index contributed by atoms with van der Waals surface area (Å²) < 4.78 is 34.1. The molecule has 0 radical (unpaired) electrons. The van der Waals surface area contributed by atoms with Crippen molar-refractivity contribution in [2.24, 2.45) is 0 Å². The van der Waals surface area contributed by atoms with E-state index in [2.05, 4.69) is 15.0 Å².